The Morgan fingerprint density at radius 1 is 1.21 bits per heavy atom. The molecule has 3 atom stereocenters. The molecule has 4 rings (SSSR count). The molecule has 9 heteroatoms. The Hall–Kier alpha value is -3.62. The number of hydrogen-bond donors (Lipinski definition) is 2. The molecule has 0 radical (unpaired) electrons. The van der Waals surface area contributed by atoms with E-state index in [1.165, 1.54) is 11.1 Å². The minimum atomic E-state index is -1.26. The maximum absolute atomic E-state index is 14.4. The number of carbonyl (C=O) groups is 2. The van der Waals surface area contributed by atoms with Gasteiger partial charge in [0.25, 0.3) is 0 Å². The zero-order chi connectivity index (χ0) is 24.2. The Morgan fingerprint density at radius 3 is 2.62 bits per heavy atom. The van der Waals surface area contributed by atoms with Crippen molar-refractivity contribution < 1.29 is 14.0 Å². The lowest BCUT2D eigenvalue weighted by Gasteiger charge is -2.27. The number of amides is 2. The van der Waals surface area contributed by atoms with E-state index in [9.17, 15) is 14.0 Å². The third-order valence-corrected chi connectivity index (χ3v) is 6.17. The number of nitrogens with one attached hydrogen (secondary N) is 2. The maximum Gasteiger partial charge on any atom is 0.243 e. The average molecular weight is 465 g/mol. The van der Waals surface area contributed by atoms with E-state index in [0.717, 1.165) is 16.8 Å². The van der Waals surface area contributed by atoms with Crippen LogP contribution in [0.1, 0.15) is 60.4 Å². The number of halogens is 1. The molecular formula is C25H29FN6O2. The zero-order valence-electron chi connectivity index (χ0n) is 19.5. The highest BCUT2D eigenvalue weighted by Gasteiger charge is 2.40. The first-order valence-electron chi connectivity index (χ1n) is 11.4. The van der Waals surface area contributed by atoms with Crippen LogP contribution in [0, 0.1) is 6.92 Å². The summed E-state index contributed by atoms with van der Waals surface area (Å²) in [6.45, 7) is 6.06. The Labute approximate surface area is 198 Å². The van der Waals surface area contributed by atoms with Crippen LogP contribution in [0.2, 0.25) is 0 Å². The highest BCUT2D eigenvalue weighted by Crippen LogP contribution is 2.27. The molecule has 34 heavy (non-hydrogen) atoms. The van der Waals surface area contributed by atoms with Crippen LogP contribution >= 0.6 is 0 Å². The minimum absolute atomic E-state index is 0.0248. The molecule has 1 unspecified atom stereocenters. The second-order valence-corrected chi connectivity index (χ2v) is 8.97. The molecule has 2 N–H and O–H groups in total. The van der Waals surface area contributed by atoms with Gasteiger partial charge in [-0.25, -0.2) is 4.39 Å². The summed E-state index contributed by atoms with van der Waals surface area (Å²) in [7, 11) is 0. The number of alkyl halides is 1. The van der Waals surface area contributed by atoms with Crippen molar-refractivity contribution in [3.8, 4) is 0 Å². The van der Waals surface area contributed by atoms with E-state index >= 15 is 0 Å². The number of aromatic nitrogens is 4. The van der Waals surface area contributed by atoms with Crippen LogP contribution in [0.4, 0.5) is 4.39 Å². The van der Waals surface area contributed by atoms with Gasteiger partial charge in [-0.15, -0.1) is 5.10 Å². The van der Waals surface area contributed by atoms with Gasteiger partial charge in [0.1, 0.15) is 12.2 Å². The van der Waals surface area contributed by atoms with E-state index in [2.05, 4.69) is 34.6 Å². The van der Waals surface area contributed by atoms with Crippen molar-refractivity contribution >= 4 is 11.8 Å². The van der Waals surface area contributed by atoms with Crippen LogP contribution in [-0.4, -0.2) is 55.9 Å². The van der Waals surface area contributed by atoms with E-state index in [1.54, 1.807) is 0 Å². The minimum Gasteiger partial charge on any atom is -0.342 e. The zero-order valence-corrected chi connectivity index (χ0v) is 19.5. The number of aromatic amines is 1. The summed E-state index contributed by atoms with van der Waals surface area (Å²) in [6.07, 6.45) is 0.110. The maximum atomic E-state index is 14.4. The summed E-state index contributed by atoms with van der Waals surface area (Å²) < 4.78 is 14.4. The van der Waals surface area contributed by atoms with Crippen molar-refractivity contribution in [2.45, 2.75) is 57.8 Å². The number of carbonyl (C=O) groups excluding carboxylic acids is 2. The number of aryl methyl sites for hydroxylation is 1. The lowest BCUT2D eigenvalue weighted by molar-refractivity contribution is -0.138. The Balaban J connectivity index is 1.59. The highest BCUT2D eigenvalue weighted by molar-refractivity contribution is 5.89. The molecule has 1 aliphatic rings. The largest absolute Gasteiger partial charge is 0.342 e. The highest BCUT2D eigenvalue weighted by atomic mass is 19.1. The van der Waals surface area contributed by atoms with E-state index in [0.29, 0.717) is 17.3 Å². The number of benzene rings is 1. The van der Waals surface area contributed by atoms with Gasteiger partial charge in [0.2, 0.25) is 11.8 Å². The number of hydrogen-bond acceptors (Lipinski definition) is 5. The topological polar surface area (TPSA) is 104 Å². The van der Waals surface area contributed by atoms with Gasteiger partial charge in [0.15, 0.2) is 0 Å². The first-order chi connectivity index (χ1) is 16.3. The first kappa shape index (κ1) is 23.5. The standard InChI is InChI=1S/C25H29FN6O2/c1-15(2)20-9-10-21(28-16(20)3)24(17-7-5-4-6-8-17)29-25(34)22-11-18(26)14-32(22)23(33)12-19-13-27-31-30-19/h4-10,13,15,18,22,24H,11-12,14H2,1-3H3,(H,29,34)(H,27,30,31)/t18-,22+,24?/m1/s1. The Morgan fingerprint density at radius 2 is 1.97 bits per heavy atom. The van der Waals surface area contributed by atoms with Crippen molar-refractivity contribution in [2.75, 3.05) is 6.54 Å². The van der Waals surface area contributed by atoms with Crippen LogP contribution in [0.25, 0.3) is 0 Å². The van der Waals surface area contributed by atoms with Gasteiger partial charge in [-0.2, -0.15) is 0 Å². The molecule has 1 saturated heterocycles. The fourth-order valence-electron chi connectivity index (χ4n) is 4.45. The second-order valence-electron chi connectivity index (χ2n) is 8.97. The first-order valence-corrected chi connectivity index (χ1v) is 11.4. The summed E-state index contributed by atoms with van der Waals surface area (Å²) in [4.78, 5) is 32.3. The molecule has 1 fully saturated rings. The summed E-state index contributed by atoms with van der Waals surface area (Å²) in [5.41, 5.74) is 4.10. The molecule has 3 aromatic rings. The quantitative estimate of drug-likeness (QED) is 0.559. The normalized spacial score (nSPS) is 18.8. The number of H-pyrrole nitrogens is 1. The molecule has 3 heterocycles. The molecule has 2 amide bonds. The fraction of sp³-hybridized carbons (Fsp3) is 0.400. The van der Waals surface area contributed by atoms with Crippen LogP contribution < -0.4 is 5.32 Å². The molecule has 1 aromatic carbocycles. The molecule has 0 bridgehead atoms. The van der Waals surface area contributed by atoms with Crippen molar-refractivity contribution in [1.82, 2.24) is 30.6 Å². The van der Waals surface area contributed by atoms with Gasteiger partial charge >= 0.3 is 0 Å². The second kappa shape index (κ2) is 10.1. The van der Waals surface area contributed by atoms with Crippen LogP contribution in [0.15, 0.2) is 48.7 Å². The van der Waals surface area contributed by atoms with Gasteiger partial charge in [0, 0.05) is 12.1 Å². The van der Waals surface area contributed by atoms with E-state index in [4.69, 9.17) is 4.98 Å². The third-order valence-electron chi connectivity index (χ3n) is 6.17. The van der Waals surface area contributed by atoms with Crippen molar-refractivity contribution in [2.24, 2.45) is 0 Å². The van der Waals surface area contributed by atoms with E-state index in [-0.39, 0.29) is 25.3 Å². The average Bonchev–Trinajstić information content (AvgIpc) is 3.47. The van der Waals surface area contributed by atoms with Gasteiger partial charge in [-0.1, -0.05) is 55.5 Å². The summed E-state index contributed by atoms with van der Waals surface area (Å²) in [5.74, 6) is -0.425. The van der Waals surface area contributed by atoms with Gasteiger partial charge in [-0.05, 0) is 30.0 Å². The number of rotatable bonds is 7. The summed E-state index contributed by atoms with van der Waals surface area (Å²) in [6, 6.07) is 12.0. The predicted molar refractivity (Wildman–Crippen MR) is 125 cm³/mol. The molecule has 178 valence electrons. The van der Waals surface area contributed by atoms with Gasteiger partial charge < -0.3 is 10.2 Å². The van der Waals surface area contributed by atoms with Crippen molar-refractivity contribution in [3.63, 3.8) is 0 Å². The fourth-order valence-corrected chi connectivity index (χ4v) is 4.45. The molecule has 2 aromatic heterocycles. The third kappa shape index (κ3) is 5.13. The lowest BCUT2D eigenvalue weighted by atomic mass is 9.98. The molecule has 0 spiro atoms. The Kier molecular flexibility index (Phi) is 7.00. The van der Waals surface area contributed by atoms with Gasteiger partial charge in [0.05, 0.1) is 36.6 Å². The number of nitrogens with zero attached hydrogens (tertiary/aromatic N) is 4. The molecule has 0 saturated carbocycles. The smallest absolute Gasteiger partial charge is 0.243 e. The predicted octanol–water partition coefficient (Wildman–Crippen LogP) is 3.02. The molecule has 8 nitrogen and oxygen atoms in total. The molecule has 1 aliphatic heterocycles. The summed E-state index contributed by atoms with van der Waals surface area (Å²) in [5, 5.41) is 12.9. The van der Waals surface area contributed by atoms with Gasteiger partial charge in [-0.3, -0.25) is 19.7 Å². The van der Waals surface area contributed by atoms with Crippen LogP contribution in [0.5, 0.6) is 0 Å². The van der Waals surface area contributed by atoms with Crippen molar-refractivity contribution in [3.05, 3.63) is 76.9 Å². The summed E-state index contributed by atoms with van der Waals surface area (Å²) >= 11 is 0. The van der Waals surface area contributed by atoms with E-state index < -0.39 is 24.2 Å². The lowest BCUT2D eigenvalue weighted by Crippen LogP contribution is -2.47. The monoisotopic (exact) mass is 464 g/mol. The molecular weight excluding hydrogens is 435 g/mol. The Bertz CT molecular complexity index is 1140. The van der Waals surface area contributed by atoms with Crippen LogP contribution in [-0.2, 0) is 16.0 Å². The van der Waals surface area contributed by atoms with Crippen molar-refractivity contribution in [1.29, 1.82) is 0 Å². The molecule has 0 aliphatic carbocycles. The van der Waals surface area contributed by atoms with E-state index in [1.807, 2.05) is 49.4 Å². The van der Waals surface area contributed by atoms with Crippen LogP contribution in [0.3, 0.4) is 0 Å². The number of pyridine rings is 1. The number of likely N-dealkylation sites (tertiary alicyclic amines) is 1. The SMILES string of the molecule is Cc1nc(C(NC(=O)[C@@H]2C[C@@H](F)CN2C(=O)Cc2cnn[nH]2)c2ccccc2)ccc1C(C)C.